The van der Waals surface area contributed by atoms with Crippen molar-refractivity contribution in [1.29, 1.82) is 0 Å². The number of hydrogen-bond donors (Lipinski definition) is 2. The van der Waals surface area contributed by atoms with Gasteiger partial charge in [-0.15, -0.1) is 0 Å². The Kier molecular flexibility index (Phi) is 12.7. The van der Waals surface area contributed by atoms with Crippen LogP contribution in [0.15, 0.2) is 59.9 Å². The van der Waals surface area contributed by atoms with E-state index in [1.807, 2.05) is 17.2 Å². The fraction of sp³-hybridized carbons (Fsp3) is 0.472. The van der Waals surface area contributed by atoms with Gasteiger partial charge in [-0.2, -0.15) is 0 Å². The maximum absolute atomic E-state index is 12.8. The summed E-state index contributed by atoms with van der Waals surface area (Å²) in [7, 11) is 1.71. The van der Waals surface area contributed by atoms with Gasteiger partial charge in [-0.05, 0) is 41.8 Å². The van der Waals surface area contributed by atoms with Crippen molar-refractivity contribution in [2.75, 3.05) is 46.4 Å². The smallest absolute Gasteiger partial charge is 0.251 e. The summed E-state index contributed by atoms with van der Waals surface area (Å²) >= 11 is 0. The topological polar surface area (TPSA) is 108 Å². The number of aliphatic imine (C=N–C) groups is 1. The molecule has 0 spiro atoms. The molecule has 1 saturated heterocycles. The molecule has 1 aromatic carbocycles. The standard InChI is InChI=1S/C36H51N7O3/c1-6-8-9-17-38-36(39-32(37)10-7-2)35-27(3)15-18-42(35)26-30-13-12-29(24-31(30)46-5)25-40-20-22-41(23-21-40)33(44)16-19-43-28(4)11-14-34(43)45/h11-15,18,24,38H,3-4,6-10,16-17,19-23,25-26H2,1-2,5H3,(H2,37,39)/b36-35+. The Morgan fingerprint density at radius 3 is 2.48 bits per heavy atom. The van der Waals surface area contributed by atoms with Gasteiger partial charge in [0.2, 0.25) is 5.91 Å². The number of amidine groups is 1. The number of unbranched alkanes of at least 4 members (excludes halogenated alkanes) is 2. The summed E-state index contributed by atoms with van der Waals surface area (Å²) in [5, 5.41) is 5.36. The van der Waals surface area contributed by atoms with Crippen LogP contribution in [0.5, 0.6) is 5.75 Å². The van der Waals surface area contributed by atoms with Crippen LogP contribution in [0.1, 0.15) is 63.5 Å². The average molecular weight is 630 g/mol. The first-order valence-electron chi connectivity index (χ1n) is 16.5. The average Bonchev–Trinajstić information content (AvgIpc) is 3.57. The predicted octanol–water partition coefficient (Wildman–Crippen LogP) is 2.90. The molecular formula is C36H51N7O3. The quantitative estimate of drug-likeness (QED) is 0.168. The second-order valence-electron chi connectivity index (χ2n) is 12.0. The highest BCUT2D eigenvalue weighted by Crippen LogP contribution is 2.23. The molecule has 0 bridgehead atoms. The van der Waals surface area contributed by atoms with Gasteiger partial charge in [-0.3, -0.25) is 14.5 Å². The van der Waals surface area contributed by atoms with Crippen molar-refractivity contribution >= 4 is 30.0 Å². The Balaban J connectivity index is 1.41. The molecule has 2 aliphatic heterocycles. The Labute approximate surface area is 273 Å². The SMILES string of the molecule is C=C1C=CC(=O)N1CCC(=O)N1CCN(Cc2ccc(Cn3ccc(=C)/c3=C(\N=C(\N)CCC)NCCCCC)c(OC)c2)CC1. The third kappa shape index (κ3) is 9.13. The summed E-state index contributed by atoms with van der Waals surface area (Å²) in [4.78, 5) is 35.3. The van der Waals surface area contributed by atoms with Crippen molar-refractivity contribution < 1.29 is 14.3 Å². The number of carbonyl (C=O) groups excluding carboxylic acids is 2. The summed E-state index contributed by atoms with van der Waals surface area (Å²) in [5.74, 6) is 2.17. The number of methoxy groups -OCH3 is 1. The van der Waals surface area contributed by atoms with Gasteiger partial charge < -0.3 is 30.2 Å². The number of aromatic nitrogens is 1. The molecule has 46 heavy (non-hydrogen) atoms. The van der Waals surface area contributed by atoms with Crippen molar-refractivity contribution in [1.82, 2.24) is 24.6 Å². The van der Waals surface area contributed by atoms with Gasteiger partial charge in [-0.25, -0.2) is 4.99 Å². The van der Waals surface area contributed by atoms with E-state index in [1.54, 1.807) is 18.1 Å². The zero-order valence-corrected chi connectivity index (χ0v) is 27.9. The molecule has 1 fully saturated rings. The van der Waals surface area contributed by atoms with E-state index in [4.69, 9.17) is 15.5 Å². The molecule has 3 N–H and O–H groups in total. The van der Waals surface area contributed by atoms with E-state index in [2.05, 4.69) is 60.0 Å². The molecule has 0 atom stereocenters. The first-order chi connectivity index (χ1) is 22.2. The molecule has 0 radical (unpaired) electrons. The van der Waals surface area contributed by atoms with Crippen molar-refractivity contribution in [2.45, 2.75) is 65.5 Å². The zero-order valence-electron chi connectivity index (χ0n) is 27.9. The minimum Gasteiger partial charge on any atom is -0.496 e. The third-order valence-corrected chi connectivity index (χ3v) is 8.51. The Morgan fingerprint density at radius 2 is 1.80 bits per heavy atom. The molecule has 2 aromatic rings. The zero-order chi connectivity index (χ0) is 33.1. The second-order valence-corrected chi connectivity index (χ2v) is 12.0. The van der Waals surface area contributed by atoms with Gasteiger partial charge in [-0.1, -0.05) is 52.0 Å². The number of benzene rings is 1. The molecule has 0 saturated carbocycles. The van der Waals surface area contributed by atoms with Crippen LogP contribution < -0.4 is 26.4 Å². The lowest BCUT2D eigenvalue weighted by atomic mass is 10.1. The van der Waals surface area contributed by atoms with Crippen LogP contribution in [0.2, 0.25) is 0 Å². The summed E-state index contributed by atoms with van der Waals surface area (Å²) in [6.45, 7) is 17.9. The lowest BCUT2D eigenvalue weighted by Gasteiger charge is -2.35. The highest BCUT2D eigenvalue weighted by Gasteiger charge is 2.24. The monoisotopic (exact) mass is 629 g/mol. The molecule has 2 amide bonds. The molecule has 1 aromatic heterocycles. The van der Waals surface area contributed by atoms with Crippen molar-refractivity contribution in [2.24, 2.45) is 10.7 Å². The number of amides is 2. The summed E-state index contributed by atoms with van der Waals surface area (Å²) in [5.41, 5.74) is 9.14. The predicted molar refractivity (Wildman–Crippen MR) is 185 cm³/mol. The lowest BCUT2D eigenvalue weighted by molar-refractivity contribution is -0.133. The van der Waals surface area contributed by atoms with Crippen molar-refractivity contribution in [3.05, 3.63) is 76.6 Å². The summed E-state index contributed by atoms with van der Waals surface area (Å²) in [6.07, 6.45) is 10.6. The minimum absolute atomic E-state index is 0.0725. The van der Waals surface area contributed by atoms with Crippen LogP contribution in [0.4, 0.5) is 0 Å². The van der Waals surface area contributed by atoms with E-state index in [0.717, 1.165) is 91.5 Å². The van der Waals surface area contributed by atoms with Crippen LogP contribution in [0.3, 0.4) is 0 Å². The van der Waals surface area contributed by atoms with Crippen LogP contribution in [0.25, 0.3) is 12.4 Å². The van der Waals surface area contributed by atoms with E-state index in [0.29, 0.717) is 44.1 Å². The first-order valence-corrected chi connectivity index (χ1v) is 16.5. The fourth-order valence-corrected chi connectivity index (χ4v) is 5.87. The number of ether oxygens (including phenoxy) is 1. The number of nitrogens with two attached hydrogens (primary N) is 1. The molecule has 10 nitrogen and oxygen atoms in total. The number of nitrogens with zero attached hydrogens (tertiary/aromatic N) is 5. The number of nitrogens with one attached hydrogen (secondary N) is 1. The Morgan fingerprint density at radius 1 is 1.02 bits per heavy atom. The number of rotatable bonds is 16. The normalized spacial score (nSPS) is 16.4. The van der Waals surface area contributed by atoms with E-state index in [1.165, 1.54) is 6.08 Å². The van der Waals surface area contributed by atoms with E-state index < -0.39 is 0 Å². The molecule has 3 heterocycles. The summed E-state index contributed by atoms with van der Waals surface area (Å²) < 4.78 is 8.03. The van der Waals surface area contributed by atoms with E-state index in [9.17, 15) is 9.59 Å². The number of hydrogen-bond acceptors (Lipinski definition) is 6. The van der Waals surface area contributed by atoms with Gasteiger partial charge >= 0.3 is 0 Å². The molecule has 2 aliphatic rings. The molecule has 10 heteroatoms. The van der Waals surface area contributed by atoms with Gasteiger partial charge in [0.25, 0.3) is 5.91 Å². The molecule has 0 aliphatic carbocycles. The van der Waals surface area contributed by atoms with Gasteiger partial charge in [0.15, 0.2) is 5.82 Å². The maximum atomic E-state index is 12.8. The molecule has 248 valence electrons. The van der Waals surface area contributed by atoms with E-state index >= 15 is 0 Å². The van der Waals surface area contributed by atoms with Gasteiger partial charge in [0, 0.05) is 82.2 Å². The fourth-order valence-electron chi connectivity index (χ4n) is 5.87. The van der Waals surface area contributed by atoms with Crippen LogP contribution in [-0.2, 0) is 22.7 Å². The highest BCUT2D eigenvalue weighted by molar-refractivity contribution is 5.93. The molecular weight excluding hydrogens is 578 g/mol. The minimum atomic E-state index is -0.107. The van der Waals surface area contributed by atoms with Gasteiger partial charge in [0.1, 0.15) is 11.6 Å². The Hall–Kier alpha value is -4.31. The van der Waals surface area contributed by atoms with Crippen molar-refractivity contribution in [3.8, 4) is 5.75 Å². The van der Waals surface area contributed by atoms with Crippen LogP contribution >= 0.6 is 0 Å². The number of piperazine rings is 1. The Bertz CT molecular complexity index is 1530. The number of allylic oxidation sites excluding steroid dienone is 1. The van der Waals surface area contributed by atoms with Gasteiger partial charge in [0.05, 0.1) is 19.0 Å². The third-order valence-electron chi connectivity index (χ3n) is 8.51. The largest absolute Gasteiger partial charge is 0.496 e. The summed E-state index contributed by atoms with van der Waals surface area (Å²) in [6, 6.07) is 8.41. The first kappa shape index (κ1) is 34.6. The van der Waals surface area contributed by atoms with E-state index in [-0.39, 0.29) is 11.8 Å². The van der Waals surface area contributed by atoms with Crippen LogP contribution in [0, 0.1) is 0 Å². The van der Waals surface area contributed by atoms with Crippen LogP contribution in [-0.4, -0.2) is 83.3 Å². The maximum Gasteiger partial charge on any atom is 0.251 e. The molecule has 4 rings (SSSR count). The second kappa shape index (κ2) is 16.8. The lowest BCUT2D eigenvalue weighted by Crippen LogP contribution is -2.48. The molecule has 0 unspecified atom stereocenters. The van der Waals surface area contributed by atoms with Crippen molar-refractivity contribution in [3.63, 3.8) is 0 Å². The number of carbonyl (C=O) groups is 2. The highest BCUT2D eigenvalue weighted by atomic mass is 16.5.